The van der Waals surface area contributed by atoms with E-state index >= 15 is 0 Å². The molecule has 1 heterocycles. The van der Waals surface area contributed by atoms with E-state index in [1.807, 2.05) is 0 Å². The van der Waals surface area contributed by atoms with Crippen LogP contribution < -0.4 is 5.32 Å². The van der Waals surface area contributed by atoms with Gasteiger partial charge in [-0.05, 0) is 49.1 Å². The maximum atomic E-state index is 12.8. The first kappa shape index (κ1) is 19.4. The number of hydrogen-bond donors (Lipinski definition) is 1. The lowest BCUT2D eigenvalue weighted by molar-refractivity contribution is -0.146. The Labute approximate surface area is 164 Å². The molecule has 1 aromatic carbocycles. The Morgan fingerprint density at radius 2 is 2.07 bits per heavy atom. The zero-order chi connectivity index (χ0) is 19.2. The normalized spacial score (nSPS) is 12.3. The highest BCUT2D eigenvalue weighted by Crippen LogP contribution is 2.38. The van der Waals surface area contributed by atoms with Gasteiger partial charge in [-0.3, -0.25) is 9.59 Å². The van der Waals surface area contributed by atoms with Crippen LogP contribution in [0.1, 0.15) is 28.8 Å². The van der Waals surface area contributed by atoms with Gasteiger partial charge < -0.3 is 10.1 Å². The molecule has 8 heteroatoms. The van der Waals surface area contributed by atoms with Gasteiger partial charge in [-0.2, -0.15) is 5.26 Å². The number of benzene rings is 1. The summed E-state index contributed by atoms with van der Waals surface area (Å²) in [5, 5.41) is 12.5. The molecule has 1 N–H and O–H groups in total. The van der Waals surface area contributed by atoms with E-state index in [4.69, 9.17) is 4.74 Å². The molecule has 2 aromatic rings. The number of esters is 1. The zero-order valence-electron chi connectivity index (χ0n) is 14.4. The van der Waals surface area contributed by atoms with Gasteiger partial charge in [-0.15, -0.1) is 23.1 Å². The van der Waals surface area contributed by atoms with Crippen LogP contribution in [0.5, 0.6) is 0 Å². The van der Waals surface area contributed by atoms with Crippen molar-refractivity contribution in [1.29, 1.82) is 5.26 Å². The van der Waals surface area contributed by atoms with Crippen molar-refractivity contribution in [2.24, 2.45) is 0 Å². The number of hydrogen-bond acceptors (Lipinski definition) is 6. The smallest absolute Gasteiger partial charge is 0.307 e. The van der Waals surface area contributed by atoms with Crippen molar-refractivity contribution in [3.05, 3.63) is 46.1 Å². The van der Waals surface area contributed by atoms with Crippen molar-refractivity contribution >= 4 is 40.0 Å². The number of halogens is 1. The third kappa shape index (κ3) is 5.08. The molecule has 0 unspecified atom stereocenters. The molecule has 0 spiro atoms. The summed E-state index contributed by atoms with van der Waals surface area (Å²) in [6.45, 7) is -0.381. The third-order valence-corrected chi connectivity index (χ3v) is 6.26. The maximum Gasteiger partial charge on any atom is 0.307 e. The summed E-state index contributed by atoms with van der Waals surface area (Å²) < 4.78 is 17.8. The number of thioether (sulfide) groups is 1. The zero-order valence-corrected chi connectivity index (χ0v) is 16.1. The number of ether oxygens (including phenoxy) is 1. The first-order valence-electron chi connectivity index (χ1n) is 8.45. The van der Waals surface area contributed by atoms with Crippen LogP contribution in [0.15, 0.2) is 29.2 Å². The molecule has 0 saturated carbocycles. The number of thiophene rings is 1. The van der Waals surface area contributed by atoms with Crippen LogP contribution in [0.2, 0.25) is 0 Å². The fraction of sp³-hybridized carbons (Fsp3) is 0.316. The van der Waals surface area contributed by atoms with Crippen molar-refractivity contribution < 1.29 is 18.7 Å². The lowest BCUT2D eigenvalue weighted by Crippen LogP contribution is -2.21. The molecule has 0 aliphatic heterocycles. The Kier molecular flexibility index (Phi) is 6.48. The van der Waals surface area contributed by atoms with Crippen LogP contribution in [-0.2, 0) is 27.2 Å². The van der Waals surface area contributed by atoms with Gasteiger partial charge in [0.1, 0.15) is 16.9 Å². The summed E-state index contributed by atoms with van der Waals surface area (Å²) in [5.74, 6) is -0.761. The predicted molar refractivity (Wildman–Crippen MR) is 102 cm³/mol. The Morgan fingerprint density at radius 1 is 1.30 bits per heavy atom. The van der Waals surface area contributed by atoms with Crippen LogP contribution in [0, 0.1) is 17.1 Å². The van der Waals surface area contributed by atoms with Crippen LogP contribution in [-0.4, -0.2) is 24.2 Å². The summed E-state index contributed by atoms with van der Waals surface area (Å²) in [4.78, 5) is 25.8. The molecule has 1 aromatic heterocycles. The number of carbonyl (C=O) groups is 2. The van der Waals surface area contributed by atoms with Gasteiger partial charge in [0.2, 0.25) is 0 Å². The van der Waals surface area contributed by atoms with E-state index in [9.17, 15) is 19.2 Å². The van der Waals surface area contributed by atoms with Crippen molar-refractivity contribution in [2.75, 3.05) is 17.7 Å². The number of aryl methyl sites for hydroxylation is 1. The topological polar surface area (TPSA) is 79.2 Å². The first-order valence-corrected chi connectivity index (χ1v) is 10.3. The van der Waals surface area contributed by atoms with Gasteiger partial charge in [0.25, 0.3) is 5.91 Å². The fourth-order valence-electron chi connectivity index (χ4n) is 2.77. The van der Waals surface area contributed by atoms with E-state index in [-0.39, 0.29) is 18.8 Å². The van der Waals surface area contributed by atoms with E-state index < -0.39 is 11.9 Å². The summed E-state index contributed by atoms with van der Waals surface area (Å²) >= 11 is 2.83. The van der Waals surface area contributed by atoms with Crippen molar-refractivity contribution in [3.63, 3.8) is 0 Å². The number of carbonyl (C=O) groups excluding carboxylic acids is 2. The van der Waals surface area contributed by atoms with E-state index in [1.54, 1.807) is 12.1 Å². The second kappa shape index (κ2) is 9.02. The fourth-order valence-corrected chi connectivity index (χ4v) is 4.86. The lowest BCUT2D eigenvalue weighted by Gasteiger charge is -2.06. The van der Waals surface area contributed by atoms with E-state index in [0.717, 1.165) is 34.6 Å². The van der Waals surface area contributed by atoms with Crippen molar-refractivity contribution in [2.45, 2.75) is 30.6 Å². The van der Waals surface area contributed by atoms with E-state index in [0.29, 0.717) is 16.3 Å². The number of anilines is 1. The Balaban J connectivity index is 1.41. The Hall–Kier alpha value is -2.37. The second-order valence-electron chi connectivity index (χ2n) is 5.93. The lowest BCUT2D eigenvalue weighted by atomic mass is 10.1. The second-order valence-corrected chi connectivity index (χ2v) is 8.21. The van der Waals surface area contributed by atoms with E-state index in [1.165, 1.54) is 35.2 Å². The minimum atomic E-state index is -0.478. The summed E-state index contributed by atoms with van der Waals surface area (Å²) in [6.07, 6.45) is 2.99. The summed E-state index contributed by atoms with van der Waals surface area (Å²) in [6, 6.07) is 8.16. The molecule has 0 bridgehead atoms. The van der Waals surface area contributed by atoms with Crippen LogP contribution >= 0.6 is 23.1 Å². The van der Waals surface area contributed by atoms with E-state index in [2.05, 4.69) is 11.4 Å². The molecular formula is C19H17FN2O3S2. The minimum absolute atomic E-state index is 0.145. The van der Waals surface area contributed by atoms with Gasteiger partial charge in [0.05, 0.1) is 12.0 Å². The molecule has 0 fully saturated rings. The number of fused-ring (bicyclic) bond motifs is 1. The van der Waals surface area contributed by atoms with Gasteiger partial charge in [0.15, 0.2) is 6.61 Å². The van der Waals surface area contributed by atoms with Crippen molar-refractivity contribution in [3.8, 4) is 6.07 Å². The highest BCUT2D eigenvalue weighted by molar-refractivity contribution is 7.99. The van der Waals surface area contributed by atoms with Gasteiger partial charge in [-0.25, -0.2) is 4.39 Å². The molecule has 0 atom stereocenters. The highest BCUT2D eigenvalue weighted by Gasteiger charge is 2.23. The minimum Gasteiger partial charge on any atom is -0.456 e. The largest absolute Gasteiger partial charge is 0.456 e. The number of nitrogens with one attached hydrogen (secondary N) is 1. The Morgan fingerprint density at radius 3 is 2.81 bits per heavy atom. The number of nitrogens with zero attached hydrogens (tertiary/aromatic N) is 1. The van der Waals surface area contributed by atoms with Gasteiger partial charge in [-0.1, -0.05) is 0 Å². The van der Waals surface area contributed by atoms with Crippen molar-refractivity contribution in [1.82, 2.24) is 0 Å². The molecule has 0 saturated heterocycles. The summed E-state index contributed by atoms with van der Waals surface area (Å²) in [7, 11) is 0. The first-order chi connectivity index (χ1) is 13.1. The van der Waals surface area contributed by atoms with Gasteiger partial charge in [0, 0.05) is 15.5 Å². The molecular weight excluding hydrogens is 387 g/mol. The summed E-state index contributed by atoms with van der Waals surface area (Å²) in [5.41, 5.74) is 1.57. The third-order valence-electron chi connectivity index (χ3n) is 4.04. The molecule has 5 nitrogen and oxygen atoms in total. The standard InChI is InChI=1S/C19H17FN2O3S2/c20-12-4-6-13(7-5-12)26-9-8-18(24)25-11-17(23)22-19-15(10-21)14-2-1-3-16(14)27-19/h4-7H,1-3,8-9,11H2,(H,22,23). The number of amides is 1. The molecule has 1 aliphatic rings. The maximum absolute atomic E-state index is 12.8. The van der Waals surface area contributed by atoms with Crippen LogP contribution in [0.3, 0.4) is 0 Å². The number of rotatable bonds is 7. The quantitative estimate of drug-likeness (QED) is 0.559. The monoisotopic (exact) mass is 404 g/mol. The molecule has 27 heavy (non-hydrogen) atoms. The van der Waals surface area contributed by atoms with Crippen LogP contribution in [0.25, 0.3) is 0 Å². The highest BCUT2D eigenvalue weighted by atomic mass is 32.2. The predicted octanol–water partition coefficient (Wildman–Crippen LogP) is 3.91. The molecule has 1 amide bonds. The van der Waals surface area contributed by atoms with Crippen LogP contribution in [0.4, 0.5) is 9.39 Å². The molecule has 0 radical (unpaired) electrons. The molecule has 140 valence electrons. The van der Waals surface area contributed by atoms with Gasteiger partial charge >= 0.3 is 5.97 Å². The average molecular weight is 404 g/mol. The molecule has 3 rings (SSSR count). The number of nitriles is 1. The Bertz CT molecular complexity index is 888. The SMILES string of the molecule is N#Cc1c(NC(=O)COC(=O)CCSc2ccc(F)cc2)sc2c1CCC2. The molecule has 1 aliphatic carbocycles. The average Bonchev–Trinajstić information content (AvgIpc) is 3.22.